The van der Waals surface area contributed by atoms with Crippen LogP contribution >= 0.6 is 11.6 Å². The third-order valence-electron chi connectivity index (χ3n) is 5.12. The fourth-order valence-corrected chi connectivity index (χ4v) is 3.53. The summed E-state index contributed by atoms with van der Waals surface area (Å²) in [7, 11) is 0. The second-order valence-corrected chi connectivity index (χ2v) is 6.49. The van der Waals surface area contributed by atoms with Crippen molar-refractivity contribution in [3.05, 3.63) is 28.8 Å². The Hall–Kier alpha value is -0.730. The molecule has 2 nitrogen and oxygen atoms in total. The predicted octanol–water partition coefficient (Wildman–Crippen LogP) is 4.80. The number of benzene rings is 1. The SMILES string of the molecule is CCC1(CC)CCN(c2ccc(C(C)O)cc2Cl)CC1. The van der Waals surface area contributed by atoms with Crippen LogP contribution in [-0.4, -0.2) is 18.2 Å². The first-order valence-corrected chi connectivity index (χ1v) is 8.11. The molecule has 112 valence electrons. The van der Waals surface area contributed by atoms with Gasteiger partial charge in [0.25, 0.3) is 0 Å². The monoisotopic (exact) mass is 295 g/mol. The molecule has 1 aromatic rings. The number of hydrogen-bond acceptors (Lipinski definition) is 2. The van der Waals surface area contributed by atoms with Crippen molar-refractivity contribution in [3.63, 3.8) is 0 Å². The van der Waals surface area contributed by atoms with Gasteiger partial charge in [-0.3, -0.25) is 0 Å². The second kappa shape index (κ2) is 6.36. The van der Waals surface area contributed by atoms with Crippen molar-refractivity contribution < 1.29 is 5.11 Å². The number of piperidine rings is 1. The molecule has 1 N–H and O–H groups in total. The molecular weight excluding hydrogens is 270 g/mol. The van der Waals surface area contributed by atoms with E-state index in [1.165, 1.54) is 25.7 Å². The lowest BCUT2D eigenvalue weighted by Crippen LogP contribution is -2.39. The minimum absolute atomic E-state index is 0.462. The van der Waals surface area contributed by atoms with Gasteiger partial charge in [0.15, 0.2) is 0 Å². The van der Waals surface area contributed by atoms with Crippen molar-refractivity contribution in [1.82, 2.24) is 0 Å². The average Bonchev–Trinajstić information content (AvgIpc) is 2.47. The van der Waals surface area contributed by atoms with E-state index in [1.54, 1.807) is 6.92 Å². The fourth-order valence-electron chi connectivity index (χ4n) is 3.22. The van der Waals surface area contributed by atoms with E-state index in [9.17, 15) is 5.11 Å². The number of anilines is 1. The Bertz CT molecular complexity index is 444. The minimum Gasteiger partial charge on any atom is -0.389 e. The Kier molecular flexibility index (Phi) is 4.98. The maximum Gasteiger partial charge on any atom is 0.0762 e. The number of aliphatic hydroxyl groups excluding tert-OH is 1. The number of nitrogens with zero attached hydrogens (tertiary/aromatic N) is 1. The molecule has 3 heteroatoms. The summed E-state index contributed by atoms with van der Waals surface area (Å²) in [5, 5.41) is 10.4. The smallest absolute Gasteiger partial charge is 0.0762 e. The normalized spacial score (nSPS) is 19.9. The Balaban J connectivity index is 2.11. The Morgan fingerprint density at radius 1 is 1.25 bits per heavy atom. The summed E-state index contributed by atoms with van der Waals surface area (Å²) in [6, 6.07) is 5.92. The van der Waals surface area contributed by atoms with Crippen molar-refractivity contribution in [3.8, 4) is 0 Å². The molecule has 1 atom stereocenters. The van der Waals surface area contributed by atoms with Crippen LogP contribution in [0.25, 0.3) is 0 Å². The van der Waals surface area contributed by atoms with Crippen LogP contribution in [0.15, 0.2) is 18.2 Å². The first kappa shape index (κ1) is 15.7. The van der Waals surface area contributed by atoms with Crippen LogP contribution in [0.3, 0.4) is 0 Å². The third kappa shape index (κ3) is 3.12. The summed E-state index contributed by atoms with van der Waals surface area (Å²) in [6.45, 7) is 8.54. The van der Waals surface area contributed by atoms with Gasteiger partial charge in [-0.05, 0) is 42.9 Å². The van der Waals surface area contributed by atoms with Gasteiger partial charge in [-0.1, -0.05) is 44.4 Å². The van der Waals surface area contributed by atoms with Gasteiger partial charge in [-0.2, -0.15) is 0 Å². The highest BCUT2D eigenvalue weighted by Crippen LogP contribution is 2.40. The summed E-state index contributed by atoms with van der Waals surface area (Å²) in [5.74, 6) is 0. The highest BCUT2D eigenvalue weighted by molar-refractivity contribution is 6.33. The maximum atomic E-state index is 9.61. The Labute approximate surface area is 127 Å². The number of aliphatic hydroxyl groups is 1. The lowest BCUT2D eigenvalue weighted by atomic mass is 9.74. The quantitative estimate of drug-likeness (QED) is 0.862. The molecule has 0 spiro atoms. The highest BCUT2D eigenvalue weighted by Gasteiger charge is 2.31. The van der Waals surface area contributed by atoms with Crippen molar-refractivity contribution >= 4 is 17.3 Å². The van der Waals surface area contributed by atoms with E-state index in [4.69, 9.17) is 11.6 Å². The summed E-state index contributed by atoms with van der Waals surface area (Å²) >= 11 is 6.39. The van der Waals surface area contributed by atoms with Gasteiger partial charge < -0.3 is 10.0 Å². The molecule has 0 aromatic heterocycles. The van der Waals surface area contributed by atoms with Gasteiger partial charge in [-0.15, -0.1) is 0 Å². The van der Waals surface area contributed by atoms with Crippen molar-refractivity contribution in [2.75, 3.05) is 18.0 Å². The van der Waals surface area contributed by atoms with Crippen molar-refractivity contribution in [2.45, 2.75) is 52.6 Å². The molecule has 1 saturated heterocycles. The van der Waals surface area contributed by atoms with Gasteiger partial charge in [0, 0.05) is 13.1 Å². The molecule has 1 fully saturated rings. The van der Waals surface area contributed by atoms with E-state index in [0.717, 1.165) is 29.4 Å². The van der Waals surface area contributed by atoms with Crippen LogP contribution in [0, 0.1) is 5.41 Å². The van der Waals surface area contributed by atoms with Gasteiger partial charge >= 0.3 is 0 Å². The summed E-state index contributed by atoms with van der Waals surface area (Å²) in [5.41, 5.74) is 2.52. The van der Waals surface area contributed by atoms with Gasteiger partial charge in [-0.25, -0.2) is 0 Å². The van der Waals surface area contributed by atoms with Crippen LogP contribution in [0.5, 0.6) is 0 Å². The second-order valence-electron chi connectivity index (χ2n) is 6.08. The highest BCUT2D eigenvalue weighted by atomic mass is 35.5. The average molecular weight is 296 g/mol. The van der Waals surface area contributed by atoms with Crippen LogP contribution in [0.4, 0.5) is 5.69 Å². The van der Waals surface area contributed by atoms with E-state index in [0.29, 0.717) is 5.41 Å². The standard InChI is InChI=1S/C17H26ClNO/c1-4-17(5-2)8-10-19(11-9-17)16-7-6-14(13(3)20)12-15(16)18/h6-7,12-13,20H,4-5,8-11H2,1-3H3. The first-order valence-electron chi connectivity index (χ1n) is 7.74. The first-order chi connectivity index (χ1) is 9.51. The minimum atomic E-state index is -0.462. The lowest BCUT2D eigenvalue weighted by Gasteiger charge is -2.42. The van der Waals surface area contributed by atoms with E-state index in [-0.39, 0.29) is 0 Å². The molecule has 1 heterocycles. The number of rotatable bonds is 4. The maximum absolute atomic E-state index is 9.61. The van der Waals surface area contributed by atoms with Gasteiger partial charge in [0.1, 0.15) is 0 Å². The Morgan fingerprint density at radius 3 is 2.30 bits per heavy atom. The number of hydrogen-bond donors (Lipinski definition) is 1. The van der Waals surface area contributed by atoms with E-state index >= 15 is 0 Å². The molecule has 1 aliphatic rings. The topological polar surface area (TPSA) is 23.5 Å². The lowest BCUT2D eigenvalue weighted by molar-refractivity contribution is 0.198. The van der Waals surface area contributed by atoms with Gasteiger partial charge in [0.2, 0.25) is 0 Å². The summed E-state index contributed by atoms with van der Waals surface area (Å²) in [6.07, 6.45) is 4.57. The molecule has 1 aliphatic heterocycles. The third-order valence-corrected chi connectivity index (χ3v) is 5.42. The van der Waals surface area contributed by atoms with Crippen LogP contribution in [0.2, 0.25) is 5.02 Å². The van der Waals surface area contributed by atoms with Crippen LogP contribution in [0.1, 0.15) is 58.1 Å². The van der Waals surface area contributed by atoms with Crippen LogP contribution < -0.4 is 4.90 Å². The largest absolute Gasteiger partial charge is 0.389 e. The molecule has 0 aliphatic carbocycles. The zero-order chi connectivity index (χ0) is 14.8. The zero-order valence-corrected chi connectivity index (χ0v) is 13.6. The molecule has 2 rings (SSSR count). The molecule has 1 unspecified atom stereocenters. The molecule has 0 radical (unpaired) electrons. The Morgan fingerprint density at radius 2 is 1.85 bits per heavy atom. The zero-order valence-electron chi connectivity index (χ0n) is 12.8. The molecule has 0 saturated carbocycles. The van der Waals surface area contributed by atoms with Crippen molar-refractivity contribution in [1.29, 1.82) is 0 Å². The summed E-state index contributed by atoms with van der Waals surface area (Å²) < 4.78 is 0. The molecule has 0 bridgehead atoms. The molecular formula is C17H26ClNO. The summed E-state index contributed by atoms with van der Waals surface area (Å²) in [4.78, 5) is 2.39. The van der Waals surface area contributed by atoms with E-state index in [2.05, 4.69) is 24.8 Å². The fraction of sp³-hybridized carbons (Fsp3) is 0.647. The van der Waals surface area contributed by atoms with E-state index in [1.807, 2.05) is 12.1 Å². The van der Waals surface area contributed by atoms with Gasteiger partial charge in [0.05, 0.1) is 16.8 Å². The van der Waals surface area contributed by atoms with Crippen molar-refractivity contribution in [2.24, 2.45) is 5.41 Å². The van der Waals surface area contributed by atoms with Crippen LogP contribution in [-0.2, 0) is 0 Å². The predicted molar refractivity (Wildman–Crippen MR) is 86.5 cm³/mol. The van der Waals surface area contributed by atoms with E-state index < -0.39 is 6.10 Å². The number of halogens is 1. The molecule has 20 heavy (non-hydrogen) atoms. The molecule has 0 amide bonds. The molecule has 1 aromatic carbocycles.